The van der Waals surface area contributed by atoms with Gasteiger partial charge in [-0.2, -0.15) is 4.98 Å². The SMILES string of the molecule is COc1nccc(OC2CCCN(C(=O)c3scnc3C)C2)n1. The van der Waals surface area contributed by atoms with Crippen molar-refractivity contribution >= 4 is 17.2 Å². The maximum absolute atomic E-state index is 12.6. The number of methoxy groups -OCH3 is 1. The average molecular weight is 334 g/mol. The summed E-state index contributed by atoms with van der Waals surface area (Å²) < 4.78 is 10.9. The minimum absolute atomic E-state index is 0.0265. The molecule has 1 saturated heterocycles. The maximum Gasteiger partial charge on any atom is 0.319 e. The molecule has 1 aliphatic heterocycles. The average Bonchev–Trinajstić information content (AvgIpc) is 3.00. The van der Waals surface area contributed by atoms with Crippen molar-refractivity contribution in [2.24, 2.45) is 0 Å². The van der Waals surface area contributed by atoms with Crippen molar-refractivity contribution < 1.29 is 14.3 Å². The first kappa shape index (κ1) is 15.7. The van der Waals surface area contributed by atoms with E-state index in [4.69, 9.17) is 9.47 Å². The van der Waals surface area contributed by atoms with Crippen LogP contribution in [0.25, 0.3) is 0 Å². The van der Waals surface area contributed by atoms with Crippen molar-refractivity contribution in [3.63, 3.8) is 0 Å². The standard InChI is InChI=1S/C15H18N4O3S/c1-10-13(23-9-17-10)14(20)19-7-3-4-11(8-19)22-12-5-6-16-15(18-12)21-2/h5-6,9,11H,3-4,7-8H2,1-2H3. The zero-order valence-electron chi connectivity index (χ0n) is 13.1. The van der Waals surface area contributed by atoms with Gasteiger partial charge in [-0.15, -0.1) is 11.3 Å². The Bertz CT molecular complexity index is 691. The van der Waals surface area contributed by atoms with Crippen LogP contribution in [-0.4, -0.2) is 52.1 Å². The predicted octanol–water partition coefficient (Wildman–Crippen LogP) is 1.93. The largest absolute Gasteiger partial charge is 0.472 e. The van der Waals surface area contributed by atoms with Gasteiger partial charge in [0.25, 0.3) is 5.91 Å². The Morgan fingerprint density at radius 3 is 3.04 bits per heavy atom. The Morgan fingerprint density at radius 1 is 1.43 bits per heavy atom. The molecule has 8 heteroatoms. The molecule has 2 aromatic rings. The molecule has 3 rings (SSSR count). The van der Waals surface area contributed by atoms with E-state index in [2.05, 4.69) is 15.0 Å². The minimum atomic E-state index is -0.0828. The summed E-state index contributed by atoms with van der Waals surface area (Å²) in [7, 11) is 1.51. The molecule has 0 radical (unpaired) electrons. The van der Waals surface area contributed by atoms with Crippen LogP contribution in [0.3, 0.4) is 0 Å². The lowest BCUT2D eigenvalue weighted by atomic mass is 10.1. The molecule has 0 aromatic carbocycles. The first-order chi connectivity index (χ1) is 11.2. The third-order valence-corrected chi connectivity index (χ3v) is 4.60. The van der Waals surface area contributed by atoms with E-state index in [0.29, 0.717) is 17.3 Å². The van der Waals surface area contributed by atoms with Crippen LogP contribution < -0.4 is 9.47 Å². The number of carbonyl (C=O) groups is 1. The first-order valence-corrected chi connectivity index (χ1v) is 8.28. The van der Waals surface area contributed by atoms with Crippen LogP contribution in [0.15, 0.2) is 17.8 Å². The fourth-order valence-electron chi connectivity index (χ4n) is 2.53. The van der Waals surface area contributed by atoms with Crippen LogP contribution >= 0.6 is 11.3 Å². The number of amides is 1. The maximum atomic E-state index is 12.6. The van der Waals surface area contributed by atoms with E-state index in [1.54, 1.807) is 17.8 Å². The fraction of sp³-hybridized carbons (Fsp3) is 0.467. The molecule has 1 atom stereocenters. The zero-order chi connectivity index (χ0) is 16.2. The molecule has 0 bridgehead atoms. The molecule has 1 amide bonds. The molecule has 0 spiro atoms. The number of hydrogen-bond donors (Lipinski definition) is 0. The van der Waals surface area contributed by atoms with E-state index in [1.807, 2.05) is 11.8 Å². The number of ether oxygens (including phenoxy) is 2. The van der Waals surface area contributed by atoms with E-state index in [-0.39, 0.29) is 18.0 Å². The van der Waals surface area contributed by atoms with Crippen LogP contribution in [0.1, 0.15) is 28.2 Å². The summed E-state index contributed by atoms with van der Waals surface area (Å²) in [6, 6.07) is 1.96. The highest BCUT2D eigenvalue weighted by Crippen LogP contribution is 2.21. The molecule has 23 heavy (non-hydrogen) atoms. The normalized spacial score (nSPS) is 17.8. The van der Waals surface area contributed by atoms with Gasteiger partial charge >= 0.3 is 6.01 Å². The Morgan fingerprint density at radius 2 is 2.30 bits per heavy atom. The highest BCUT2D eigenvalue weighted by atomic mass is 32.1. The topological polar surface area (TPSA) is 77.4 Å². The van der Waals surface area contributed by atoms with Gasteiger partial charge in [0.05, 0.1) is 24.9 Å². The molecule has 122 valence electrons. The lowest BCUT2D eigenvalue weighted by Crippen LogP contribution is -2.44. The van der Waals surface area contributed by atoms with Crippen molar-refractivity contribution in [1.29, 1.82) is 0 Å². The second-order valence-electron chi connectivity index (χ2n) is 5.28. The number of thiazole rings is 1. The number of nitrogens with zero attached hydrogens (tertiary/aromatic N) is 4. The molecule has 0 N–H and O–H groups in total. The fourth-order valence-corrected chi connectivity index (χ4v) is 3.30. The summed E-state index contributed by atoms with van der Waals surface area (Å²) in [6.45, 7) is 3.14. The van der Waals surface area contributed by atoms with Crippen LogP contribution in [0.2, 0.25) is 0 Å². The highest BCUT2D eigenvalue weighted by molar-refractivity contribution is 7.11. The van der Waals surface area contributed by atoms with Gasteiger partial charge in [0.15, 0.2) is 0 Å². The van der Waals surface area contributed by atoms with Gasteiger partial charge in [0.1, 0.15) is 11.0 Å². The van der Waals surface area contributed by atoms with Gasteiger partial charge in [0.2, 0.25) is 5.88 Å². The molecule has 7 nitrogen and oxygen atoms in total. The van der Waals surface area contributed by atoms with E-state index < -0.39 is 0 Å². The quantitative estimate of drug-likeness (QED) is 0.850. The molecule has 1 unspecified atom stereocenters. The number of carbonyl (C=O) groups excluding carboxylic acids is 1. The van der Waals surface area contributed by atoms with E-state index >= 15 is 0 Å². The van der Waals surface area contributed by atoms with E-state index in [0.717, 1.165) is 25.1 Å². The summed E-state index contributed by atoms with van der Waals surface area (Å²) in [5.74, 6) is 0.490. The molecule has 1 fully saturated rings. The second kappa shape index (κ2) is 6.91. The lowest BCUT2D eigenvalue weighted by Gasteiger charge is -2.32. The monoisotopic (exact) mass is 334 g/mol. The zero-order valence-corrected chi connectivity index (χ0v) is 13.9. The second-order valence-corrected chi connectivity index (χ2v) is 6.14. The number of hydrogen-bond acceptors (Lipinski definition) is 7. The molecule has 0 aliphatic carbocycles. The van der Waals surface area contributed by atoms with Gasteiger partial charge in [-0.05, 0) is 19.8 Å². The summed E-state index contributed by atoms with van der Waals surface area (Å²) in [4.78, 5) is 27.4. The molecule has 2 aromatic heterocycles. The number of likely N-dealkylation sites (tertiary alicyclic amines) is 1. The van der Waals surface area contributed by atoms with Crippen molar-refractivity contribution in [2.45, 2.75) is 25.9 Å². The highest BCUT2D eigenvalue weighted by Gasteiger charge is 2.27. The van der Waals surface area contributed by atoms with Gasteiger partial charge in [-0.1, -0.05) is 0 Å². The van der Waals surface area contributed by atoms with Crippen LogP contribution in [0.4, 0.5) is 0 Å². The van der Waals surface area contributed by atoms with Crippen LogP contribution in [-0.2, 0) is 0 Å². The Hall–Kier alpha value is -2.22. The molecular formula is C15H18N4O3S. The van der Waals surface area contributed by atoms with E-state index in [9.17, 15) is 4.79 Å². The van der Waals surface area contributed by atoms with Gasteiger partial charge in [0, 0.05) is 18.8 Å². The minimum Gasteiger partial charge on any atom is -0.472 e. The molecule has 3 heterocycles. The van der Waals surface area contributed by atoms with Crippen LogP contribution in [0, 0.1) is 6.92 Å². The van der Waals surface area contributed by atoms with Gasteiger partial charge < -0.3 is 14.4 Å². The van der Waals surface area contributed by atoms with Gasteiger partial charge in [-0.3, -0.25) is 4.79 Å². The smallest absolute Gasteiger partial charge is 0.319 e. The number of aromatic nitrogens is 3. The van der Waals surface area contributed by atoms with E-state index in [1.165, 1.54) is 18.4 Å². The first-order valence-electron chi connectivity index (χ1n) is 7.40. The van der Waals surface area contributed by atoms with Crippen molar-refractivity contribution in [2.75, 3.05) is 20.2 Å². The summed E-state index contributed by atoms with van der Waals surface area (Å²) in [5, 5.41) is 0. The third kappa shape index (κ3) is 3.58. The number of piperidine rings is 1. The molecular weight excluding hydrogens is 316 g/mol. The summed E-state index contributed by atoms with van der Waals surface area (Å²) >= 11 is 1.38. The lowest BCUT2D eigenvalue weighted by molar-refractivity contribution is 0.0529. The number of rotatable bonds is 4. The third-order valence-electron chi connectivity index (χ3n) is 3.68. The Kier molecular flexibility index (Phi) is 4.71. The summed E-state index contributed by atoms with van der Waals surface area (Å²) in [5.41, 5.74) is 2.48. The Labute approximate surface area is 138 Å². The molecule has 0 saturated carbocycles. The van der Waals surface area contributed by atoms with Crippen molar-refractivity contribution in [1.82, 2.24) is 19.9 Å². The summed E-state index contributed by atoms with van der Waals surface area (Å²) in [6.07, 6.45) is 3.29. The van der Waals surface area contributed by atoms with Crippen molar-refractivity contribution in [3.8, 4) is 11.9 Å². The predicted molar refractivity (Wildman–Crippen MR) is 85.0 cm³/mol. The Balaban J connectivity index is 1.66. The van der Waals surface area contributed by atoms with Gasteiger partial charge in [-0.25, -0.2) is 9.97 Å². The van der Waals surface area contributed by atoms with Crippen LogP contribution in [0.5, 0.6) is 11.9 Å². The van der Waals surface area contributed by atoms with Crippen molar-refractivity contribution in [3.05, 3.63) is 28.3 Å². The number of aryl methyl sites for hydroxylation is 1. The molecule has 1 aliphatic rings.